The number of nitrogens with zero attached hydrogens (tertiary/aromatic N) is 3. The molecule has 0 radical (unpaired) electrons. The van der Waals surface area contributed by atoms with Crippen LogP contribution in [0.15, 0.2) is 112 Å². The highest BCUT2D eigenvalue weighted by molar-refractivity contribution is 9.10. The lowest BCUT2D eigenvalue weighted by molar-refractivity contribution is 0.182. The molecule has 8 heteroatoms. The average molecular weight is 612 g/mol. The maximum atomic E-state index is 14.0. The number of aromatic nitrogens is 2. The van der Waals surface area contributed by atoms with Crippen LogP contribution in [0.2, 0.25) is 0 Å². The number of amides is 2. The van der Waals surface area contributed by atoms with Crippen LogP contribution in [-0.4, -0.2) is 34.1 Å². The van der Waals surface area contributed by atoms with Crippen LogP contribution in [0.5, 0.6) is 5.75 Å². The molecule has 0 saturated heterocycles. The number of rotatable bonds is 9. The summed E-state index contributed by atoms with van der Waals surface area (Å²) >= 11 is 3.48. The molecule has 0 fully saturated rings. The van der Waals surface area contributed by atoms with E-state index >= 15 is 0 Å². The summed E-state index contributed by atoms with van der Waals surface area (Å²) in [7, 11) is 1.60. The number of carbonyl (C=O) groups is 1. The third kappa shape index (κ3) is 6.33. The Hall–Kier alpha value is -4.43. The lowest BCUT2D eigenvalue weighted by Gasteiger charge is -2.32. The van der Waals surface area contributed by atoms with Crippen molar-refractivity contribution >= 4 is 38.6 Å². The first-order chi connectivity index (χ1) is 20.0. The Labute approximate surface area is 247 Å². The fourth-order valence-corrected chi connectivity index (χ4v) is 5.35. The molecule has 0 bridgehead atoms. The minimum atomic E-state index is -0.495. The standard InChI is InChI=1S/C33H31BrN4O3/c1-3-30(37(21-20-23-10-5-4-6-11-23)33(40)35-25-13-9-12-24(34)22-25)31-36-29-15-8-7-14-28(29)32(39)38(31)26-16-18-27(41-2)19-17-26/h4-19,22,30H,3,20-21H2,1-2H3,(H,35,40). The molecule has 41 heavy (non-hydrogen) atoms. The van der Waals surface area contributed by atoms with Gasteiger partial charge in [-0.25, -0.2) is 9.78 Å². The maximum Gasteiger partial charge on any atom is 0.322 e. The molecule has 208 valence electrons. The summed E-state index contributed by atoms with van der Waals surface area (Å²) in [5.74, 6) is 1.18. The van der Waals surface area contributed by atoms with Crippen LogP contribution in [0.25, 0.3) is 16.6 Å². The van der Waals surface area contributed by atoms with Crippen LogP contribution in [0.1, 0.15) is 30.8 Å². The molecule has 0 saturated carbocycles. The molecule has 1 aromatic heterocycles. The molecule has 1 N–H and O–H groups in total. The second kappa shape index (κ2) is 12.8. The third-order valence-corrected chi connectivity index (χ3v) is 7.51. The van der Waals surface area contributed by atoms with Crippen LogP contribution in [0.4, 0.5) is 10.5 Å². The fraction of sp³-hybridized carbons (Fsp3) is 0.182. The second-order valence-electron chi connectivity index (χ2n) is 9.62. The zero-order valence-electron chi connectivity index (χ0n) is 23.0. The highest BCUT2D eigenvalue weighted by Gasteiger charge is 2.29. The first-order valence-electron chi connectivity index (χ1n) is 13.5. The Morgan fingerprint density at radius 2 is 1.71 bits per heavy atom. The van der Waals surface area contributed by atoms with E-state index in [0.717, 1.165) is 10.0 Å². The highest BCUT2D eigenvalue weighted by atomic mass is 79.9. The van der Waals surface area contributed by atoms with Gasteiger partial charge in [0.2, 0.25) is 0 Å². The number of halogens is 1. The number of ether oxygens (including phenoxy) is 1. The Morgan fingerprint density at radius 3 is 2.41 bits per heavy atom. The molecular weight excluding hydrogens is 580 g/mol. The Morgan fingerprint density at radius 1 is 0.976 bits per heavy atom. The predicted octanol–water partition coefficient (Wildman–Crippen LogP) is 7.38. The van der Waals surface area contributed by atoms with Gasteiger partial charge < -0.3 is 15.0 Å². The van der Waals surface area contributed by atoms with Crippen LogP contribution in [0.3, 0.4) is 0 Å². The second-order valence-corrected chi connectivity index (χ2v) is 10.5. The van der Waals surface area contributed by atoms with Gasteiger partial charge in [-0.1, -0.05) is 71.4 Å². The van der Waals surface area contributed by atoms with Crippen molar-refractivity contribution < 1.29 is 9.53 Å². The molecule has 1 atom stereocenters. The van der Waals surface area contributed by atoms with E-state index in [2.05, 4.69) is 21.2 Å². The molecule has 0 aliphatic heterocycles. The minimum absolute atomic E-state index is 0.190. The number of hydrogen-bond donors (Lipinski definition) is 1. The molecule has 1 unspecified atom stereocenters. The Bertz CT molecular complexity index is 1700. The average Bonchev–Trinajstić information content (AvgIpc) is 3.00. The third-order valence-electron chi connectivity index (χ3n) is 7.01. The lowest BCUT2D eigenvalue weighted by atomic mass is 10.1. The van der Waals surface area contributed by atoms with E-state index in [1.54, 1.807) is 22.6 Å². The molecule has 0 aliphatic carbocycles. The lowest BCUT2D eigenvalue weighted by Crippen LogP contribution is -2.42. The number of benzene rings is 4. The van der Waals surface area contributed by atoms with Crippen molar-refractivity contribution in [3.63, 3.8) is 0 Å². The van der Waals surface area contributed by atoms with E-state index in [4.69, 9.17) is 9.72 Å². The predicted molar refractivity (Wildman–Crippen MR) is 167 cm³/mol. The number of methoxy groups -OCH3 is 1. The molecule has 0 aliphatic rings. The fourth-order valence-electron chi connectivity index (χ4n) is 4.95. The first kappa shape index (κ1) is 28.1. The van der Waals surface area contributed by atoms with Crippen molar-refractivity contribution in [3.8, 4) is 11.4 Å². The van der Waals surface area contributed by atoms with Gasteiger partial charge in [-0.2, -0.15) is 0 Å². The van der Waals surface area contributed by atoms with E-state index < -0.39 is 6.04 Å². The number of hydrogen-bond acceptors (Lipinski definition) is 4. The molecule has 5 rings (SSSR count). The normalized spacial score (nSPS) is 11.7. The summed E-state index contributed by atoms with van der Waals surface area (Å²) in [6.07, 6.45) is 1.19. The number of anilines is 1. The summed E-state index contributed by atoms with van der Waals surface area (Å²) in [5, 5.41) is 3.57. The Balaban J connectivity index is 1.63. The van der Waals surface area contributed by atoms with E-state index in [1.165, 1.54) is 0 Å². The number of urea groups is 1. The summed E-state index contributed by atoms with van der Waals surface area (Å²) < 4.78 is 7.83. The molecule has 0 spiro atoms. The van der Waals surface area contributed by atoms with Gasteiger partial charge in [-0.3, -0.25) is 9.36 Å². The number of para-hydroxylation sites is 1. The molecule has 4 aromatic carbocycles. The molecular formula is C33H31BrN4O3. The Kier molecular flexibility index (Phi) is 8.79. The van der Waals surface area contributed by atoms with Crippen LogP contribution in [0, 0.1) is 0 Å². The van der Waals surface area contributed by atoms with Crippen molar-refractivity contribution in [3.05, 3.63) is 129 Å². The largest absolute Gasteiger partial charge is 0.497 e. The quantitative estimate of drug-likeness (QED) is 0.189. The van der Waals surface area contributed by atoms with E-state index in [-0.39, 0.29) is 11.6 Å². The van der Waals surface area contributed by atoms with Crippen LogP contribution < -0.4 is 15.6 Å². The van der Waals surface area contributed by atoms with Gasteiger partial charge in [0, 0.05) is 16.7 Å². The minimum Gasteiger partial charge on any atom is -0.497 e. The first-order valence-corrected chi connectivity index (χ1v) is 14.3. The molecule has 1 heterocycles. The summed E-state index contributed by atoms with van der Waals surface area (Å²) in [4.78, 5) is 34.7. The van der Waals surface area contributed by atoms with E-state index in [0.29, 0.717) is 53.2 Å². The van der Waals surface area contributed by atoms with Crippen molar-refractivity contribution in [2.24, 2.45) is 0 Å². The number of nitrogens with one attached hydrogen (secondary N) is 1. The van der Waals surface area contributed by atoms with Crippen molar-refractivity contribution in [2.45, 2.75) is 25.8 Å². The smallest absolute Gasteiger partial charge is 0.322 e. The molecule has 2 amide bonds. The van der Waals surface area contributed by atoms with Crippen molar-refractivity contribution in [1.29, 1.82) is 0 Å². The van der Waals surface area contributed by atoms with Crippen molar-refractivity contribution in [1.82, 2.24) is 14.5 Å². The highest BCUT2D eigenvalue weighted by Crippen LogP contribution is 2.28. The zero-order valence-corrected chi connectivity index (χ0v) is 24.5. The van der Waals surface area contributed by atoms with Gasteiger partial charge in [0.05, 0.1) is 29.7 Å². The summed E-state index contributed by atoms with van der Waals surface area (Å²) in [6, 6.07) is 31.4. The van der Waals surface area contributed by atoms with Gasteiger partial charge in [0.1, 0.15) is 11.6 Å². The monoisotopic (exact) mass is 610 g/mol. The van der Waals surface area contributed by atoms with E-state index in [1.807, 2.05) is 104 Å². The van der Waals surface area contributed by atoms with Gasteiger partial charge >= 0.3 is 6.03 Å². The van der Waals surface area contributed by atoms with Gasteiger partial charge in [0.15, 0.2) is 0 Å². The zero-order chi connectivity index (χ0) is 28.8. The van der Waals surface area contributed by atoms with Gasteiger partial charge in [0.25, 0.3) is 5.56 Å². The summed E-state index contributed by atoms with van der Waals surface area (Å²) in [5.41, 5.74) is 2.83. The van der Waals surface area contributed by atoms with Gasteiger partial charge in [-0.15, -0.1) is 0 Å². The van der Waals surface area contributed by atoms with Crippen LogP contribution in [-0.2, 0) is 6.42 Å². The van der Waals surface area contributed by atoms with E-state index in [9.17, 15) is 9.59 Å². The summed E-state index contributed by atoms with van der Waals surface area (Å²) in [6.45, 7) is 2.43. The van der Waals surface area contributed by atoms with Crippen molar-refractivity contribution in [2.75, 3.05) is 19.0 Å². The number of fused-ring (bicyclic) bond motifs is 1. The molecule has 7 nitrogen and oxygen atoms in total. The molecule has 5 aromatic rings. The van der Waals surface area contributed by atoms with Crippen LogP contribution >= 0.6 is 15.9 Å². The topological polar surface area (TPSA) is 76.5 Å². The SMILES string of the molecule is CCC(c1nc2ccccc2c(=O)n1-c1ccc(OC)cc1)N(CCc1ccccc1)C(=O)Nc1cccc(Br)c1. The van der Waals surface area contributed by atoms with Gasteiger partial charge in [-0.05, 0) is 73.0 Å². The maximum absolute atomic E-state index is 14.0. The number of carbonyl (C=O) groups excluding carboxylic acids is 1.